The van der Waals surface area contributed by atoms with Crippen molar-refractivity contribution in [3.8, 4) is 0 Å². The Hall–Kier alpha value is -1.34. The Balaban J connectivity index is 2.16. The van der Waals surface area contributed by atoms with Crippen LogP contribution in [0.4, 0.5) is 0 Å². The Morgan fingerprint density at radius 1 is 1.20 bits per heavy atom. The molecule has 0 bridgehead atoms. The first-order chi connectivity index (χ1) is 9.76. The van der Waals surface area contributed by atoms with E-state index in [-0.39, 0.29) is 0 Å². The molecule has 0 saturated heterocycles. The van der Waals surface area contributed by atoms with Crippen molar-refractivity contribution >= 4 is 0 Å². The summed E-state index contributed by atoms with van der Waals surface area (Å²) in [5.74, 6) is 0.601. The van der Waals surface area contributed by atoms with Gasteiger partial charge in [0.05, 0.1) is 0 Å². The van der Waals surface area contributed by atoms with E-state index in [2.05, 4.69) is 67.8 Å². The lowest BCUT2D eigenvalue weighted by Gasteiger charge is -2.41. The maximum atomic E-state index is 3.90. The first-order valence-corrected chi connectivity index (χ1v) is 7.85. The SMILES string of the molecule is C=CC[C@H]1C=C[C@H](CCC)N(Cc2ccccc2)[C@@H]1C. The molecule has 1 aliphatic rings. The summed E-state index contributed by atoms with van der Waals surface area (Å²) in [5, 5.41) is 0. The molecule has 2 rings (SSSR count). The van der Waals surface area contributed by atoms with Crippen molar-refractivity contribution in [2.24, 2.45) is 5.92 Å². The van der Waals surface area contributed by atoms with Crippen LogP contribution in [0, 0.1) is 5.92 Å². The van der Waals surface area contributed by atoms with Crippen LogP contribution in [0.25, 0.3) is 0 Å². The monoisotopic (exact) mass is 269 g/mol. The van der Waals surface area contributed by atoms with Gasteiger partial charge in [0, 0.05) is 18.6 Å². The number of benzene rings is 1. The minimum absolute atomic E-state index is 0.578. The fourth-order valence-electron chi connectivity index (χ4n) is 3.17. The molecule has 0 radical (unpaired) electrons. The molecule has 0 N–H and O–H groups in total. The van der Waals surface area contributed by atoms with E-state index < -0.39 is 0 Å². The predicted molar refractivity (Wildman–Crippen MR) is 87.6 cm³/mol. The van der Waals surface area contributed by atoms with Crippen LogP contribution in [-0.4, -0.2) is 17.0 Å². The third-order valence-electron chi connectivity index (χ3n) is 4.38. The minimum atomic E-state index is 0.578. The molecular weight excluding hydrogens is 242 g/mol. The van der Waals surface area contributed by atoms with E-state index in [4.69, 9.17) is 0 Å². The average molecular weight is 269 g/mol. The second-order valence-electron chi connectivity index (χ2n) is 5.83. The summed E-state index contributed by atoms with van der Waals surface area (Å²) in [4.78, 5) is 2.66. The first-order valence-electron chi connectivity index (χ1n) is 7.85. The van der Waals surface area contributed by atoms with Crippen LogP contribution in [0.3, 0.4) is 0 Å². The number of nitrogens with zero attached hydrogens (tertiary/aromatic N) is 1. The molecule has 1 aliphatic heterocycles. The van der Waals surface area contributed by atoms with Crippen molar-refractivity contribution < 1.29 is 0 Å². The van der Waals surface area contributed by atoms with E-state index >= 15 is 0 Å². The van der Waals surface area contributed by atoms with Crippen molar-refractivity contribution in [1.82, 2.24) is 4.90 Å². The van der Waals surface area contributed by atoms with Gasteiger partial charge in [-0.05, 0) is 31.2 Å². The molecule has 1 aromatic rings. The van der Waals surface area contributed by atoms with E-state index in [0.717, 1.165) is 13.0 Å². The fraction of sp³-hybridized carbons (Fsp3) is 0.474. The molecule has 0 amide bonds. The molecule has 108 valence electrons. The van der Waals surface area contributed by atoms with Gasteiger partial charge in [-0.3, -0.25) is 4.90 Å². The predicted octanol–water partition coefficient (Wildman–Crippen LogP) is 4.81. The van der Waals surface area contributed by atoms with Gasteiger partial charge in [0.2, 0.25) is 0 Å². The van der Waals surface area contributed by atoms with Gasteiger partial charge in [0.1, 0.15) is 0 Å². The number of hydrogen-bond acceptors (Lipinski definition) is 1. The molecule has 1 heteroatoms. The topological polar surface area (TPSA) is 3.24 Å². The normalized spacial score (nSPS) is 26.6. The lowest BCUT2D eigenvalue weighted by atomic mass is 9.88. The summed E-state index contributed by atoms with van der Waals surface area (Å²) in [6.07, 6.45) is 10.4. The molecule has 0 aromatic heterocycles. The summed E-state index contributed by atoms with van der Waals surface area (Å²) in [5.41, 5.74) is 1.41. The summed E-state index contributed by atoms with van der Waals surface area (Å²) >= 11 is 0. The van der Waals surface area contributed by atoms with Gasteiger partial charge in [0.15, 0.2) is 0 Å². The molecule has 0 fully saturated rings. The van der Waals surface area contributed by atoms with E-state index in [1.165, 1.54) is 18.4 Å². The zero-order valence-electron chi connectivity index (χ0n) is 12.8. The van der Waals surface area contributed by atoms with Crippen molar-refractivity contribution in [3.63, 3.8) is 0 Å². The van der Waals surface area contributed by atoms with Crippen LogP contribution in [0.15, 0.2) is 55.1 Å². The molecule has 1 heterocycles. The molecule has 1 aromatic carbocycles. The Morgan fingerprint density at radius 3 is 2.60 bits per heavy atom. The zero-order chi connectivity index (χ0) is 14.4. The van der Waals surface area contributed by atoms with Gasteiger partial charge in [-0.1, -0.05) is 61.9 Å². The van der Waals surface area contributed by atoms with E-state index in [1.807, 2.05) is 6.08 Å². The molecule has 0 aliphatic carbocycles. The molecule has 20 heavy (non-hydrogen) atoms. The largest absolute Gasteiger partial charge is 0.289 e. The first kappa shape index (κ1) is 15.1. The highest BCUT2D eigenvalue weighted by Crippen LogP contribution is 2.28. The van der Waals surface area contributed by atoms with Crippen molar-refractivity contribution in [2.45, 2.75) is 51.7 Å². The molecule has 0 spiro atoms. The lowest BCUT2D eigenvalue weighted by Crippen LogP contribution is -2.46. The number of rotatable bonds is 6. The smallest absolute Gasteiger partial charge is 0.0284 e. The van der Waals surface area contributed by atoms with Crippen LogP contribution < -0.4 is 0 Å². The van der Waals surface area contributed by atoms with Gasteiger partial charge in [-0.2, -0.15) is 0 Å². The van der Waals surface area contributed by atoms with Crippen molar-refractivity contribution in [1.29, 1.82) is 0 Å². The number of hydrogen-bond donors (Lipinski definition) is 0. The number of allylic oxidation sites excluding steroid dienone is 1. The standard InChI is InChI=1S/C19H27N/c1-4-9-18-13-14-19(10-5-2)20(16(18)3)15-17-11-7-6-8-12-17/h4,6-8,11-14,16,18-19H,1,5,9-10,15H2,2-3H3/t16-,18+,19+/m1/s1. The molecule has 0 unspecified atom stereocenters. The van der Waals surface area contributed by atoms with E-state index in [9.17, 15) is 0 Å². The quantitative estimate of drug-likeness (QED) is 0.670. The lowest BCUT2D eigenvalue weighted by molar-refractivity contribution is 0.112. The summed E-state index contributed by atoms with van der Waals surface area (Å²) in [6.45, 7) is 9.58. The van der Waals surface area contributed by atoms with Crippen LogP contribution in [0.2, 0.25) is 0 Å². The van der Waals surface area contributed by atoms with Crippen LogP contribution >= 0.6 is 0 Å². The summed E-state index contributed by atoms with van der Waals surface area (Å²) < 4.78 is 0. The summed E-state index contributed by atoms with van der Waals surface area (Å²) in [6, 6.07) is 12.0. The third-order valence-corrected chi connectivity index (χ3v) is 4.38. The van der Waals surface area contributed by atoms with Crippen molar-refractivity contribution in [3.05, 3.63) is 60.7 Å². The minimum Gasteiger partial charge on any atom is -0.289 e. The molecule has 3 atom stereocenters. The average Bonchev–Trinajstić information content (AvgIpc) is 2.47. The van der Waals surface area contributed by atoms with Gasteiger partial charge in [-0.25, -0.2) is 0 Å². The molecular formula is C19H27N. The van der Waals surface area contributed by atoms with E-state index in [0.29, 0.717) is 18.0 Å². The van der Waals surface area contributed by atoms with Crippen LogP contribution in [0.5, 0.6) is 0 Å². The van der Waals surface area contributed by atoms with E-state index in [1.54, 1.807) is 0 Å². The van der Waals surface area contributed by atoms with Crippen LogP contribution in [-0.2, 0) is 6.54 Å². The fourth-order valence-corrected chi connectivity index (χ4v) is 3.17. The van der Waals surface area contributed by atoms with Gasteiger partial charge < -0.3 is 0 Å². The Bertz CT molecular complexity index is 434. The Labute approximate surface area is 124 Å². The second kappa shape index (κ2) is 7.44. The van der Waals surface area contributed by atoms with Gasteiger partial charge >= 0.3 is 0 Å². The Kier molecular flexibility index (Phi) is 5.60. The highest BCUT2D eigenvalue weighted by molar-refractivity contribution is 5.17. The molecule has 1 nitrogen and oxygen atoms in total. The maximum Gasteiger partial charge on any atom is 0.0284 e. The van der Waals surface area contributed by atoms with Gasteiger partial charge in [0.25, 0.3) is 0 Å². The van der Waals surface area contributed by atoms with Gasteiger partial charge in [-0.15, -0.1) is 6.58 Å². The highest BCUT2D eigenvalue weighted by atomic mass is 15.2. The molecule has 0 saturated carbocycles. The van der Waals surface area contributed by atoms with Crippen molar-refractivity contribution in [2.75, 3.05) is 0 Å². The highest BCUT2D eigenvalue weighted by Gasteiger charge is 2.29. The zero-order valence-corrected chi connectivity index (χ0v) is 12.8. The maximum absolute atomic E-state index is 3.90. The van der Waals surface area contributed by atoms with Crippen LogP contribution in [0.1, 0.15) is 38.7 Å². The second-order valence-corrected chi connectivity index (χ2v) is 5.83. The third kappa shape index (κ3) is 3.61. The summed E-state index contributed by atoms with van der Waals surface area (Å²) in [7, 11) is 0. The Morgan fingerprint density at radius 2 is 1.95 bits per heavy atom.